The van der Waals surface area contributed by atoms with Crippen LogP contribution in [-0.2, 0) is 6.54 Å². The van der Waals surface area contributed by atoms with E-state index in [2.05, 4.69) is 35.5 Å². The number of piperazine rings is 1. The van der Waals surface area contributed by atoms with Crippen LogP contribution in [0.4, 0.5) is 5.82 Å². The van der Waals surface area contributed by atoms with E-state index < -0.39 is 0 Å². The fraction of sp³-hybridized carbons (Fsp3) is 0.429. The summed E-state index contributed by atoms with van der Waals surface area (Å²) in [5, 5.41) is 8.70. The molecule has 4 heterocycles. The second-order valence-corrected chi connectivity index (χ2v) is 6.30. The van der Waals surface area contributed by atoms with Crippen LogP contribution in [0.2, 0.25) is 0 Å². The number of hydrogen-bond acceptors (Lipinski definition) is 7. The summed E-state index contributed by atoms with van der Waals surface area (Å²) in [4.78, 5) is 10.3. The van der Waals surface area contributed by atoms with E-state index in [9.17, 15) is 0 Å². The highest BCUT2D eigenvalue weighted by molar-refractivity contribution is 7.05. The van der Waals surface area contributed by atoms with Crippen LogP contribution in [0, 0.1) is 6.92 Å². The third-order valence-corrected chi connectivity index (χ3v) is 4.86. The predicted molar refractivity (Wildman–Crippen MR) is 85.1 cm³/mol. The van der Waals surface area contributed by atoms with Crippen LogP contribution in [0.1, 0.15) is 10.6 Å². The van der Waals surface area contributed by atoms with Crippen LogP contribution < -0.4 is 4.90 Å². The largest absolute Gasteiger partial charge is 0.353 e. The van der Waals surface area contributed by atoms with Crippen molar-refractivity contribution in [2.75, 3.05) is 31.1 Å². The van der Waals surface area contributed by atoms with Crippen LogP contribution in [0.15, 0.2) is 24.5 Å². The van der Waals surface area contributed by atoms with Crippen LogP contribution in [0.5, 0.6) is 0 Å². The molecule has 0 bridgehead atoms. The fourth-order valence-corrected chi connectivity index (χ4v) is 3.38. The van der Waals surface area contributed by atoms with Crippen molar-refractivity contribution in [1.82, 2.24) is 29.1 Å². The van der Waals surface area contributed by atoms with Crippen molar-refractivity contribution >= 4 is 23.0 Å². The van der Waals surface area contributed by atoms with Crippen molar-refractivity contribution in [2.45, 2.75) is 13.5 Å². The highest BCUT2D eigenvalue weighted by atomic mass is 32.1. The van der Waals surface area contributed by atoms with Crippen molar-refractivity contribution in [3.63, 3.8) is 0 Å². The summed E-state index contributed by atoms with van der Waals surface area (Å²) >= 11 is 1.50. The first kappa shape index (κ1) is 13.6. The molecule has 1 fully saturated rings. The summed E-state index contributed by atoms with van der Waals surface area (Å²) in [6.07, 6.45) is 3.66. The lowest BCUT2D eigenvalue weighted by Crippen LogP contribution is -2.46. The van der Waals surface area contributed by atoms with Crippen LogP contribution in [-0.4, -0.2) is 55.3 Å². The SMILES string of the molecule is Cc1nnsc1CN1CCN(c2ccc3nccn3n2)CC1. The number of rotatable bonds is 3. The molecule has 0 radical (unpaired) electrons. The van der Waals surface area contributed by atoms with Crippen molar-refractivity contribution in [2.24, 2.45) is 0 Å². The molecule has 3 aromatic heterocycles. The van der Waals surface area contributed by atoms with Gasteiger partial charge in [0.2, 0.25) is 0 Å². The third-order valence-electron chi connectivity index (χ3n) is 4.05. The first-order valence-electron chi connectivity index (χ1n) is 7.35. The molecule has 1 aliphatic rings. The van der Waals surface area contributed by atoms with Gasteiger partial charge in [0, 0.05) is 45.1 Å². The second kappa shape index (κ2) is 5.62. The predicted octanol–water partition coefficient (Wildman–Crippen LogP) is 1.21. The third kappa shape index (κ3) is 2.55. The molecule has 0 aliphatic carbocycles. The Hall–Kier alpha value is -2.06. The van der Waals surface area contributed by atoms with E-state index in [1.54, 1.807) is 6.20 Å². The zero-order chi connectivity index (χ0) is 14.9. The van der Waals surface area contributed by atoms with Gasteiger partial charge >= 0.3 is 0 Å². The van der Waals surface area contributed by atoms with Gasteiger partial charge in [-0.25, -0.2) is 9.50 Å². The average molecular weight is 315 g/mol. The van der Waals surface area contributed by atoms with Gasteiger partial charge in [0.15, 0.2) is 5.65 Å². The van der Waals surface area contributed by atoms with Crippen LogP contribution >= 0.6 is 11.5 Å². The molecule has 0 saturated carbocycles. The summed E-state index contributed by atoms with van der Waals surface area (Å²) in [5.74, 6) is 1.01. The van der Waals surface area contributed by atoms with Crippen molar-refractivity contribution in [3.05, 3.63) is 35.1 Å². The topological polar surface area (TPSA) is 62.5 Å². The Labute approximate surface area is 132 Å². The maximum absolute atomic E-state index is 4.62. The molecular formula is C14H17N7S. The normalized spacial score (nSPS) is 16.5. The summed E-state index contributed by atoms with van der Waals surface area (Å²) in [7, 11) is 0. The number of aromatic nitrogens is 5. The van der Waals surface area contributed by atoms with Gasteiger partial charge in [-0.15, -0.1) is 10.2 Å². The van der Waals surface area contributed by atoms with Crippen molar-refractivity contribution < 1.29 is 0 Å². The van der Waals surface area contributed by atoms with Gasteiger partial charge in [0.1, 0.15) is 5.82 Å². The van der Waals surface area contributed by atoms with Gasteiger partial charge in [-0.1, -0.05) is 4.49 Å². The standard InChI is InChI=1S/C14H17N7S/c1-11-12(22-18-16-11)10-19-6-8-20(9-7-19)14-3-2-13-15-4-5-21(13)17-14/h2-5H,6-10H2,1H3. The Morgan fingerprint density at radius 1 is 1.18 bits per heavy atom. The zero-order valence-electron chi connectivity index (χ0n) is 12.4. The van der Waals surface area contributed by atoms with E-state index in [-0.39, 0.29) is 0 Å². The molecule has 3 aromatic rings. The number of nitrogens with zero attached hydrogens (tertiary/aromatic N) is 7. The monoisotopic (exact) mass is 315 g/mol. The van der Waals surface area contributed by atoms with Gasteiger partial charge in [-0.05, 0) is 30.6 Å². The first-order valence-corrected chi connectivity index (χ1v) is 8.12. The average Bonchev–Trinajstić information content (AvgIpc) is 3.17. The number of aryl methyl sites for hydroxylation is 1. The van der Waals surface area contributed by atoms with E-state index in [1.165, 1.54) is 16.4 Å². The highest BCUT2D eigenvalue weighted by Crippen LogP contribution is 2.17. The Balaban J connectivity index is 1.41. The molecule has 8 heteroatoms. The molecule has 114 valence electrons. The molecule has 0 atom stereocenters. The van der Waals surface area contributed by atoms with Gasteiger partial charge in [0.25, 0.3) is 0 Å². The first-order chi connectivity index (χ1) is 10.8. The zero-order valence-corrected chi connectivity index (χ0v) is 13.2. The smallest absolute Gasteiger partial charge is 0.153 e. The molecule has 0 spiro atoms. The lowest BCUT2D eigenvalue weighted by Gasteiger charge is -2.35. The maximum Gasteiger partial charge on any atom is 0.153 e. The van der Waals surface area contributed by atoms with E-state index in [0.29, 0.717) is 0 Å². The Morgan fingerprint density at radius 3 is 2.82 bits per heavy atom. The molecular weight excluding hydrogens is 298 g/mol. The molecule has 22 heavy (non-hydrogen) atoms. The molecule has 4 rings (SSSR count). The van der Waals surface area contributed by atoms with Crippen molar-refractivity contribution in [3.8, 4) is 0 Å². The minimum absolute atomic E-state index is 0.885. The Bertz CT molecular complexity index is 772. The summed E-state index contributed by atoms with van der Waals surface area (Å²) in [6, 6.07) is 4.07. The van der Waals surface area contributed by atoms with Gasteiger partial charge < -0.3 is 4.90 Å². The summed E-state index contributed by atoms with van der Waals surface area (Å²) in [6.45, 7) is 7.00. The molecule has 0 amide bonds. The molecule has 0 N–H and O–H groups in total. The van der Waals surface area contributed by atoms with Crippen LogP contribution in [0.25, 0.3) is 5.65 Å². The number of hydrogen-bond donors (Lipinski definition) is 0. The van der Waals surface area contributed by atoms with E-state index >= 15 is 0 Å². The Kier molecular flexibility index (Phi) is 3.47. The fourth-order valence-electron chi connectivity index (χ4n) is 2.71. The minimum atomic E-state index is 0.885. The van der Waals surface area contributed by atoms with Gasteiger partial charge in [-0.2, -0.15) is 0 Å². The molecule has 1 saturated heterocycles. The van der Waals surface area contributed by atoms with E-state index in [0.717, 1.165) is 49.9 Å². The Morgan fingerprint density at radius 2 is 2.05 bits per heavy atom. The summed E-state index contributed by atoms with van der Waals surface area (Å²) in [5.41, 5.74) is 1.94. The van der Waals surface area contributed by atoms with Gasteiger partial charge in [-0.3, -0.25) is 4.90 Å². The van der Waals surface area contributed by atoms with E-state index in [1.807, 2.05) is 23.7 Å². The van der Waals surface area contributed by atoms with Gasteiger partial charge in [0.05, 0.1) is 10.6 Å². The number of imidazole rings is 1. The number of fused-ring (bicyclic) bond motifs is 1. The molecule has 7 nitrogen and oxygen atoms in total. The number of anilines is 1. The lowest BCUT2D eigenvalue weighted by atomic mass is 10.3. The summed E-state index contributed by atoms with van der Waals surface area (Å²) < 4.78 is 5.84. The molecule has 0 unspecified atom stereocenters. The quantitative estimate of drug-likeness (QED) is 0.724. The lowest BCUT2D eigenvalue weighted by molar-refractivity contribution is 0.250. The highest BCUT2D eigenvalue weighted by Gasteiger charge is 2.19. The maximum atomic E-state index is 4.62. The molecule has 1 aliphatic heterocycles. The minimum Gasteiger partial charge on any atom is -0.353 e. The van der Waals surface area contributed by atoms with E-state index in [4.69, 9.17) is 0 Å². The van der Waals surface area contributed by atoms with Crippen molar-refractivity contribution in [1.29, 1.82) is 0 Å². The molecule has 0 aromatic carbocycles. The second-order valence-electron chi connectivity index (χ2n) is 5.47. The van der Waals surface area contributed by atoms with Crippen LogP contribution in [0.3, 0.4) is 0 Å².